The molecule has 0 aromatic carbocycles. The first-order valence-electron chi connectivity index (χ1n) is 5.70. The fourth-order valence-electron chi connectivity index (χ4n) is 1.51. The molecule has 0 aliphatic carbocycles. The van der Waals surface area contributed by atoms with E-state index < -0.39 is 0 Å². The van der Waals surface area contributed by atoms with E-state index in [9.17, 15) is 4.79 Å². The van der Waals surface area contributed by atoms with Gasteiger partial charge in [0, 0.05) is 19.5 Å². The number of hydrogen-bond donors (Lipinski definition) is 2. The lowest BCUT2D eigenvalue weighted by Crippen LogP contribution is -2.36. The fourth-order valence-corrected chi connectivity index (χ4v) is 1.51. The van der Waals surface area contributed by atoms with E-state index in [4.69, 9.17) is 10.2 Å². The molecule has 16 heavy (non-hydrogen) atoms. The summed E-state index contributed by atoms with van der Waals surface area (Å²) >= 11 is 0. The van der Waals surface area contributed by atoms with Gasteiger partial charge in [-0.2, -0.15) is 0 Å². The molecule has 0 aliphatic rings. The molecule has 1 aromatic heterocycles. The molecule has 90 valence electrons. The molecule has 1 heterocycles. The topological polar surface area (TPSA) is 68.3 Å². The van der Waals surface area contributed by atoms with Crippen LogP contribution in [-0.4, -0.2) is 19.0 Å². The summed E-state index contributed by atoms with van der Waals surface area (Å²) in [4.78, 5) is 11.7. The highest BCUT2D eigenvalue weighted by atomic mass is 16.3. The maximum atomic E-state index is 11.7. The number of nitrogens with two attached hydrogens (primary N) is 1. The molecule has 0 saturated carbocycles. The van der Waals surface area contributed by atoms with Crippen LogP contribution in [0.3, 0.4) is 0 Å². The van der Waals surface area contributed by atoms with Gasteiger partial charge in [0.2, 0.25) is 5.91 Å². The van der Waals surface area contributed by atoms with E-state index in [1.165, 1.54) is 0 Å². The van der Waals surface area contributed by atoms with Gasteiger partial charge in [-0.15, -0.1) is 0 Å². The number of amides is 1. The fraction of sp³-hybridized carbons (Fsp3) is 0.583. The molecular formula is C12H20N2O2. The van der Waals surface area contributed by atoms with Crippen molar-refractivity contribution in [3.8, 4) is 0 Å². The standard InChI is InChI=1S/C12H20N2O2/c1-3-6-14-12(15)10(8-13)7-11-5-4-9(2)16-11/h4-5,10H,3,6-8,13H2,1-2H3,(H,14,15). The van der Waals surface area contributed by atoms with Gasteiger partial charge in [0.25, 0.3) is 0 Å². The molecule has 0 bridgehead atoms. The van der Waals surface area contributed by atoms with Gasteiger partial charge in [0.15, 0.2) is 0 Å². The van der Waals surface area contributed by atoms with E-state index in [0.29, 0.717) is 19.5 Å². The predicted octanol–water partition coefficient (Wildman–Crippen LogP) is 1.23. The van der Waals surface area contributed by atoms with Crippen LogP contribution >= 0.6 is 0 Å². The van der Waals surface area contributed by atoms with Gasteiger partial charge in [0.1, 0.15) is 11.5 Å². The van der Waals surface area contributed by atoms with Gasteiger partial charge in [-0.1, -0.05) is 6.92 Å². The van der Waals surface area contributed by atoms with Crippen LogP contribution in [0.15, 0.2) is 16.5 Å². The third kappa shape index (κ3) is 3.70. The van der Waals surface area contributed by atoms with Gasteiger partial charge in [-0.3, -0.25) is 4.79 Å². The molecule has 0 fully saturated rings. The summed E-state index contributed by atoms with van der Waals surface area (Å²) in [5.74, 6) is 1.50. The van der Waals surface area contributed by atoms with Crippen molar-refractivity contribution in [2.24, 2.45) is 11.7 Å². The Kier molecular flexibility index (Phi) is 5.05. The van der Waals surface area contributed by atoms with Crippen LogP contribution in [0.5, 0.6) is 0 Å². The largest absolute Gasteiger partial charge is 0.466 e. The number of furan rings is 1. The first-order valence-corrected chi connectivity index (χ1v) is 5.70. The van der Waals surface area contributed by atoms with Gasteiger partial charge in [-0.05, 0) is 25.5 Å². The molecule has 3 N–H and O–H groups in total. The number of aryl methyl sites for hydroxylation is 1. The summed E-state index contributed by atoms with van der Waals surface area (Å²) in [6, 6.07) is 3.79. The highest BCUT2D eigenvalue weighted by Crippen LogP contribution is 2.12. The van der Waals surface area contributed by atoms with Crippen molar-refractivity contribution in [2.45, 2.75) is 26.7 Å². The number of hydrogen-bond acceptors (Lipinski definition) is 3. The Bertz CT molecular complexity index is 334. The second-order valence-corrected chi connectivity index (χ2v) is 3.94. The Morgan fingerprint density at radius 2 is 2.31 bits per heavy atom. The maximum absolute atomic E-state index is 11.7. The zero-order chi connectivity index (χ0) is 12.0. The molecular weight excluding hydrogens is 204 g/mol. The summed E-state index contributed by atoms with van der Waals surface area (Å²) in [6.45, 7) is 4.95. The minimum atomic E-state index is -0.197. The van der Waals surface area contributed by atoms with Crippen molar-refractivity contribution < 1.29 is 9.21 Å². The number of rotatable bonds is 6. The Labute approximate surface area is 96.2 Å². The summed E-state index contributed by atoms with van der Waals surface area (Å²) in [5.41, 5.74) is 5.60. The van der Waals surface area contributed by atoms with Gasteiger partial charge >= 0.3 is 0 Å². The summed E-state index contributed by atoms with van der Waals surface area (Å²) in [7, 11) is 0. The first kappa shape index (κ1) is 12.8. The Morgan fingerprint density at radius 3 is 2.81 bits per heavy atom. The quantitative estimate of drug-likeness (QED) is 0.763. The van der Waals surface area contributed by atoms with Crippen molar-refractivity contribution in [1.82, 2.24) is 5.32 Å². The second-order valence-electron chi connectivity index (χ2n) is 3.94. The molecule has 4 heteroatoms. The second kappa shape index (κ2) is 6.33. The lowest BCUT2D eigenvalue weighted by atomic mass is 10.0. The Morgan fingerprint density at radius 1 is 1.56 bits per heavy atom. The average molecular weight is 224 g/mol. The third-order valence-electron chi connectivity index (χ3n) is 2.45. The Balaban J connectivity index is 2.51. The number of carbonyl (C=O) groups excluding carboxylic acids is 1. The molecule has 1 unspecified atom stereocenters. The summed E-state index contributed by atoms with van der Waals surface area (Å²) in [6.07, 6.45) is 1.50. The van der Waals surface area contributed by atoms with E-state index in [1.807, 2.05) is 26.0 Å². The molecule has 0 spiro atoms. The maximum Gasteiger partial charge on any atom is 0.224 e. The lowest BCUT2D eigenvalue weighted by molar-refractivity contribution is -0.124. The molecule has 1 amide bonds. The number of carbonyl (C=O) groups is 1. The van der Waals surface area contributed by atoms with Crippen LogP contribution in [-0.2, 0) is 11.2 Å². The smallest absolute Gasteiger partial charge is 0.224 e. The zero-order valence-electron chi connectivity index (χ0n) is 9.95. The highest BCUT2D eigenvalue weighted by molar-refractivity contribution is 5.79. The normalized spacial score (nSPS) is 12.4. The van der Waals surface area contributed by atoms with E-state index in [-0.39, 0.29) is 11.8 Å². The van der Waals surface area contributed by atoms with Gasteiger partial charge < -0.3 is 15.5 Å². The molecule has 1 rings (SSSR count). The predicted molar refractivity (Wildman–Crippen MR) is 63.0 cm³/mol. The van der Waals surface area contributed by atoms with E-state index >= 15 is 0 Å². The van der Waals surface area contributed by atoms with Crippen molar-refractivity contribution in [2.75, 3.05) is 13.1 Å². The van der Waals surface area contributed by atoms with Gasteiger partial charge in [-0.25, -0.2) is 0 Å². The zero-order valence-corrected chi connectivity index (χ0v) is 9.95. The highest BCUT2D eigenvalue weighted by Gasteiger charge is 2.18. The summed E-state index contributed by atoms with van der Waals surface area (Å²) in [5, 5.41) is 2.85. The molecule has 0 saturated heterocycles. The van der Waals surface area contributed by atoms with E-state index in [0.717, 1.165) is 17.9 Å². The van der Waals surface area contributed by atoms with Crippen molar-refractivity contribution in [1.29, 1.82) is 0 Å². The van der Waals surface area contributed by atoms with Crippen LogP contribution in [0.4, 0.5) is 0 Å². The minimum absolute atomic E-state index is 0.0124. The van der Waals surface area contributed by atoms with Crippen molar-refractivity contribution in [3.63, 3.8) is 0 Å². The average Bonchev–Trinajstić information content (AvgIpc) is 2.68. The van der Waals surface area contributed by atoms with E-state index in [2.05, 4.69) is 5.32 Å². The van der Waals surface area contributed by atoms with Crippen LogP contribution in [0.1, 0.15) is 24.9 Å². The molecule has 0 aliphatic heterocycles. The monoisotopic (exact) mass is 224 g/mol. The SMILES string of the molecule is CCCNC(=O)C(CN)Cc1ccc(C)o1. The molecule has 1 atom stereocenters. The van der Waals surface area contributed by atoms with Crippen LogP contribution in [0, 0.1) is 12.8 Å². The first-order chi connectivity index (χ1) is 7.67. The Hall–Kier alpha value is -1.29. The number of nitrogens with one attached hydrogen (secondary N) is 1. The minimum Gasteiger partial charge on any atom is -0.466 e. The molecule has 1 aromatic rings. The molecule has 0 radical (unpaired) electrons. The van der Waals surface area contributed by atoms with E-state index in [1.54, 1.807) is 0 Å². The van der Waals surface area contributed by atoms with Crippen LogP contribution in [0.25, 0.3) is 0 Å². The van der Waals surface area contributed by atoms with Crippen LogP contribution < -0.4 is 11.1 Å². The third-order valence-corrected chi connectivity index (χ3v) is 2.45. The molecule has 4 nitrogen and oxygen atoms in total. The van der Waals surface area contributed by atoms with Crippen molar-refractivity contribution in [3.05, 3.63) is 23.7 Å². The lowest BCUT2D eigenvalue weighted by Gasteiger charge is -2.13. The summed E-state index contributed by atoms with van der Waals surface area (Å²) < 4.78 is 5.43. The van der Waals surface area contributed by atoms with Crippen molar-refractivity contribution >= 4 is 5.91 Å². The van der Waals surface area contributed by atoms with Gasteiger partial charge in [0.05, 0.1) is 5.92 Å². The van der Waals surface area contributed by atoms with Crippen LogP contribution in [0.2, 0.25) is 0 Å².